The van der Waals surface area contributed by atoms with Crippen LogP contribution in [0.15, 0.2) is 30.3 Å². The number of hydrogen-bond donors (Lipinski definition) is 9. The summed E-state index contributed by atoms with van der Waals surface area (Å²) in [6.07, 6.45) is -15.5. The number of carbonyl (C=O) groups excluding carboxylic acids is 1. The lowest BCUT2D eigenvalue weighted by molar-refractivity contribution is -0.354. The number of aryl methyl sites for hydroxylation is 1. The van der Waals surface area contributed by atoms with E-state index >= 15 is 0 Å². The van der Waals surface area contributed by atoms with Gasteiger partial charge in [0.2, 0.25) is 6.29 Å². The van der Waals surface area contributed by atoms with E-state index in [0.717, 1.165) is 12.1 Å². The van der Waals surface area contributed by atoms with Gasteiger partial charge in [-0.05, 0) is 31.0 Å². The van der Waals surface area contributed by atoms with Crippen LogP contribution < -0.4 is 9.47 Å². The minimum atomic E-state index is -1.79. The van der Waals surface area contributed by atoms with Gasteiger partial charge in [0, 0.05) is 18.6 Å². The first-order valence-corrected chi connectivity index (χ1v) is 13.5. The predicted octanol–water partition coefficient (Wildman–Crippen LogP) is -1.34. The molecule has 2 fully saturated rings. The Balaban J connectivity index is 1.51. The first-order chi connectivity index (χ1) is 20.4. The lowest BCUT2D eigenvalue weighted by atomic mass is 9.97. The van der Waals surface area contributed by atoms with Crippen LogP contribution in [0.2, 0.25) is 0 Å². The van der Waals surface area contributed by atoms with E-state index in [9.17, 15) is 50.8 Å². The topological polar surface area (TPSA) is 245 Å². The van der Waals surface area contributed by atoms with E-state index < -0.39 is 90.9 Å². The van der Waals surface area contributed by atoms with E-state index in [0.29, 0.717) is 5.56 Å². The van der Waals surface area contributed by atoms with Gasteiger partial charge in [-0.2, -0.15) is 0 Å². The number of ketones is 1. The maximum absolute atomic E-state index is 12.9. The zero-order valence-corrected chi connectivity index (χ0v) is 23.3. The number of rotatable bonds is 10. The lowest BCUT2D eigenvalue weighted by Crippen LogP contribution is -2.64. The molecule has 2 saturated heterocycles. The van der Waals surface area contributed by atoms with Crippen molar-refractivity contribution in [3.63, 3.8) is 0 Å². The van der Waals surface area contributed by atoms with Crippen molar-refractivity contribution < 1.29 is 74.4 Å². The number of methoxy groups -OCH3 is 1. The number of benzene rings is 2. The number of carbonyl (C=O) groups is 1. The zero-order valence-electron chi connectivity index (χ0n) is 23.3. The molecule has 5 unspecified atom stereocenters. The van der Waals surface area contributed by atoms with Gasteiger partial charge in [0.15, 0.2) is 29.7 Å². The summed E-state index contributed by atoms with van der Waals surface area (Å²) >= 11 is 0. The Morgan fingerprint density at radius 2 is 1.51 bits per heavy atom. The van der Waals surface area contributed by atoms with Crippen LogP contribution >= 0.6 is 0 Å². The molecule has 2 aliphatic heterocycles. The second-order valence-electron chi connectivity index (χ2n) is 10.4. The maximum atomic E-state index is 12.9. The Kier molecular flexibility index (Phi) is 10.3. The summed E-state index contributed by atoms with van der Waals surface area (Å²) in [5, 5.41) is 92.3. The van der Waals surface area contributed by atoms with Crippen LogP contribution in [0.4, 0.5) is 0 Å². The number of ether oxygens (including phenoxy) is 5. The quantitative estimate of drug-likeness (QED) is 0.141. The Morgan fingerprint density at radius 1 is 0.837 bits per heavy atom. The molecule has 238 valence electrons. The lowest BCUT2D eigenvalue weighted by Gasteiger charge is -2.45. The van der Waals surface area contributed by atoms with Crippen LogP contribution in [0, 0.1) is 0 Å². The number of aromatic hydroxyl groups is 3. The third-order valence-electron chi connectivity index (χ3n) is 7.41. The van der Waals surface area contributed by atoms with Gasteiger partial charge in [0.05, 0.1) is 19.8 Å². The summed E-state index contributed by atoms with van der Waals surface area (Å²) in [5.74, 6) is -2.04. The van der Waals surface area contributed by atoms with Crippen molar-refractivity contribution in [2.24, 2.45) is 0 Å². The highest BCUT2D eigenvalue weighted by molar-refractivity contribution is 6.01. The van der Waals surface area contributed by atoms with Gasteiger partial charge >= 0.3 is 0 Å². The van der Waals surface area contributed by atoms with Gasteiger partial charge in [-0.1, -0.05) is 6.07 Å². The highest BCUT2D eigenvalue weighted by atomic mass is 16.8. The van der Waals surface area contributed by atoms with Crippen LogP contribution in [-0.2, 0) is 20.6 Å². The summed E-state index contributed by atoms with van der Waals surface area (Å²) in [4.78, 5) is 12.9. The van der Waals surface area contributed by atoms with E-state index in [1.165, 1.54) is 26.2 Å². The SMILES string of the molecule is COc1ccc(CCC(=O)c2c(O)cc(O[C@@H]3OC(CO)[C@@H](O)C(O)C3O[C@@H]3OC(C)[C@H](O)C(O)[C@@H]3O)cc2O)cc1O. The Bertz CT molecular complexity index is 1250. The van der Waals surface area contributed by atoms with Crippen molar-refractivity contribution >= 4 is 5.78 Å². The van der Waals surface area contributed by atoms with Crippen molar-refractivity contribution in [3.8, 4) is 28.7 Å². The zero-order chi connectivity index (χ0) is 31.6. The number of phenols is 3. The van der Waals surface area contributed by atoms with E-state index in [4.69, 9.17) is 23.7 Å². The number of hydrogen-bond acceptors (Lipinski definition) is 15. The number of phenolic OH excluding ortho intramolecular Hbond substituents is 3. The Hall–Kier alpha value is -3.25. The smallest absolute Gasteiger partial charge is 0.229 e. The number of aliphatic hydroxyl groups excluding tert-OH is 6. The van der Waals surface area contributed by atoms with Crippen LogP contribution in [-0.4, -0.2) is 127 Å². The van der Waals surface area contributed by atoms with Crippen LogP contribution in [0.1, 0.15) is 29.3 Å². The van der Waals surface area contributed by atoms with Gasteiger partial charge < -0.3 is 69.6 Å². The molecular formula is C28H36O15. The summed E-state index contributed by atoms with van der Waals surface area (Å²) in [6, 6.07) is 6.59. The molecule has 9 N–H and O–H groups in total. The molecule has 0 aromatic heterocycles. The minimum Gasteiger partial charge on any atom is -0.507 e. The van der Waals surface area contributed by atoms with Crippen LogP contribution in [0.25, 0.3) is 0 Å². The Labute approximate surface area is 245 Å². The first-order valence-electron chi connectivity index (χ1n) is 13.5. The van der Waals surface area contributed by atoms with Gasteiger partial charge in [-0.15, -0.1) is 0 Å². The molecule has 0 aliphatic carbocycles. The molecule has 15 nitrogen and oxygen atoms in total. The standard InChI is InChI=1S/C28H36O15/c1-11-21(34)23(36)25(38)27(40-11)43-26-24(37)22(35)19(10-29)42-28(26)41-13-8-16(32)20(17(33)9-13)14(30)5-3-12-4-6-18(39-2)15(31)7-12/h4,6-9,11,19,21-29,31-38H,3,5,10H2,1-2H3/t11?,19?,21-,22+,23?,24?,25-,26?,27-,28+/m0/s1. The largest absolute Gasteiger partial charge is 0.507 e. The molecule has 0 amide bonds. The molecule has 0 saturated carbocycles. The number of aliphatic hydroxyl groups is 6. The molecule has 0 spiro atoms. The summed E-state index contributed by atoms with van der Waals surface area (Å²) in [6.45, 7) is 0.662. The monoisotopic (exact) mass is 612 g/mol. The van der Waals surface area contributed by atoms with Crippen LogP contribution in [0.3, 0.4) is 0 Å². The molecule has 10 atom stereocenters. The van der Waals surface area contributed by atoms with Crippen molar-refractivity contribution in [2.45, 2.75) is 81.2 Å². The second-order valence-corrected chi connectivity index (χ2v) is 10.4. The molecule has 0 bridgehead atoms. The highest BCUT2D eigenvalue weighted by Crippen LogP contribution is 2.37. The maximum Gasteiger partial charge on any atom is 0.229 e. The van der Waals surface area contributed by atoms with Gasteiger partial charge in [-0.3, -0.25) is 4.79 Å². The predicted molar refractivity (Wildman–Crippen MR) is 143 cm³/mol. The van der Waals surface area contributed by atoms with Gasteiger partial charge in [-0.25, -0.2) is 0 Å². The van der Waals surface area contributed by atoms with Gasteiger partial charge in [0.1, 0.15) is 59.4 Å². The normalized spacial score (nSPS) is 32.7. The Morgan fingerprint density at radius 3 is 2.12 bits per heavy atom. The fraction of sp³-hybridized carbons (Fsp3) is 0.536. The second kappa shape index (κ2) is 13.6. The number of Topliss-reactive ketones (excluding diaryl/α,β-unsaturated/α-hetero) is 1. The molecule has 2 aromatic rings. The summed E-state index contributed by atoms with van der Waals surface area (Å²) in [5.41, 5.74) is 0.208. The van der Waals surface area contributed by atoms with Crippen LogP contribution in [0.5, 0.6) is 28.7 Å². The average molecular weight is 613 g/mol. The average Bonchev–Trinajstić information content (AvgIpc) is 2.96. The summed E-state index contributed by atoms with van der Waals surface area (Å²) < 4.78 is 27.2. The molecule has 0 radical (unpaired) electrons. The molecule has 2 aliphatic rings. The first kappa shape index (κ1) is 32.7. The van der Waals surface area contributed by atoms with E-state index in [-0.39, 0.29) is 30.1 Å². The van der Waals surface area contributed by atoms with Crippen molar-refractivity contribution in [1.82, 2.24) is 0 Å². The molecule has 4 rings (SSSR count). The van der Waals surface area contributed by atoms with E-state index in [1.54, 1.807) is 6.07 Å². The fourth-order valence-electron chi connectivity index (χ4n) is 4.93. The highest BCUT2D eigenvalue weighted by Gasteiger charge is 2.51. The molecule has 2 heterocycles. The third-order valence-corrected chi connectivity index (χ3v) is 7.41. The summed E-state index contributed by atoms with van der Waals surface area (Å²) in [7, 11) is 1.40. The molecule has 2 aromatic carbocycles. The molecular weight excluding hydrogens is 576 g/mol. The minimum absolute atomic E-state index is 0.110. The van der Waals surface area contributed by atoms with E-state index in [2.05, 4.69) is 0 Å². The van der Waals surface area contributed by atoms with Crippen molar-refractivity contribution in [3.05, 3.63) is 41.5 Å². The fourth-order valence-corrected chi connectivity index (χ4v) is 4.93. The van der Waals surface area contributed by atoms with Crippen molar-refractivity contribution in [2.75, 3.05) is 13.7 Å². The van der Waals surface area contributed by atoms with Crippen molar-refractivity contribution in [1.29, 1.82) is 0 Å². The van der Waals surface area contributed by atoms with Gasteiger partial charge in [0.25, 0.3) is 0 Å². The third kappa shape index (κ3) is 6.95. The molecule has 43 heavy (non-hydrogen) atoms. The molecule has 15 heteroatoms. The van der Waals surface area contributed by atoms with E-state index in [1.807, 2.05) is 0 Å².